The molecule has 0 saturated heterocycles. The molecule has 0 unspecified atom stereocenters. The summed E-state index contributed by atoms with van der Waals surface area (Å²) in [6.07, 6.45) is 0.140. The van der Waals surface area contributed by atoms with E-state index in [1.54, 1.807) is 31.2 Å². The fourth-order valence-electron chi connectivity index (χ4n) is 1.61. The molecule has 0 fully saturated rings. The van der Waals surface area contributed by atoms with E-state index in [1.807, 2.05) is 0 Å². The standard InChI is InChI=1S/C13H12BrNO4/c1-2-18-13(17)10-7-19-15-11(10)12(16)8-3-5-9(14)6-4-8/h3-7,12,16H,2H2,1H3/t12-/m0/s1. The van der Waals surface area contributed by atoms with Crippen molar-refractivity contribution in [1.29, 1.82) is 0 Å². The number of halogens is 1. The summed E-state index contributed by atoms with van der Waals surface area (Å²) in [6, 6.07) is 7.06. The number of aliphatic hydroxyl groups excluding tert-OH is 1. The molecule has 2 aromatic rings. The largest absolute Gasteiger partial charge is 0.462 e. The van der Waals surface area contributed by atoms with E-state index in [0.29, 0.717) is 5.56 Å². The Labute approximate surface area is 118 Å². The highest BCUT2D eigenvalue weighted by Gasteiger charge is 2.24. The van der Waals surface area contributed by atoms with Crippen LogP contribution in [-0.4, -0.2) is 22.8 Å². The first-order valence-electron chi connectivity index (χ1n) is 5.68. The van der Waals surface area contributed by atoms with Crippen molar-refractivity contribution < 1.29 is 19.2 Å². The number of carbonyl (C=O) groups is 1. The molecule has 0 aliphatic heterocycles. The van der Waals surface area contributed by atoms with Gasteiger partial charge in [-0.2, -0.15) is 0 Å². The van der Waals surface area contributed by atoms with E-state index in [1.165, 1.54) is 6.26 Å². The van der Waals surface area contributed by atoms with Crippen LogP contribution in [0.2, 0.25) is 0 Å². The van der Waals surface area contributed by atoms with Crippen LogP contribution in [0.1, 0.15) is 34.6 Å². The first-order valence-corrected chi connectivity index (χ1v) is 6.47. The highest BCUT2D eigenvalue weighted by molar-refractivity contribution is 9.10. The van der Waals surface area contributed by atoms with Crippen molar-refractivity contribution in [2.24, 2.45) is 0 Å². The van der Waals surface area contributed by atoms with Crippen molar-refractivity contribution in [3.63, 3.8) is 0 Å². The van der Waals surface area contributed by atoms with E-state index in [4.69, 9.17) is 9.26 Å². The molecule has 19 heavy (non-hydrogen) atoms. The van der Waals surface area contributed by atoms with E-state index in [-0.39, 0.29) is 17.9 Å². The summed E-state index contributed by atoms with van der Waals surface area (Å²) in [5, 5.41) is 13.9. The lowest BCUT2D eigenvalue weighted by Gasteiger charge is -2.09. The lowest BCUT2D eigenvalue weighted by molar-refractivity contribution is 0.0520. The Bertz CT molecular complexity index is 564. The van der Waals surface area contributed by atoms with Gasteiger partial charge in [0.1, 0.15) is 23.6 Å². The van der Waals surface area contributed by atoms with Gasteiger partial charge in [-0.25, -0.2) is 4.79 Å². The maximum atomic E-state index is 11.7. The van der Waals surface area contributed by atoms with Gasteiger partial charge < -0.3 is 14.4 Å². The topological polar surface area (TPSA) is 72.6 Å². The first-order chi connectivity index (χ1) is 9.13. The third-order valence-electron chi connectivity index (χ3n) is 2.54. The summed E-state index contributed by atoms with van der Waals surface area (Å²) < 4.78 is 10.5. The molecule has 0 aliphatic rings. The molecular formula is C13H12BrNO4. The van der Waals surface area contributed by atoms with Crippen molar-refractivity contribution >= 4 is 21.9 Å². The minimum atomic E-state index is -1.04. The number of aromatic nitrogens is 1. The molecular weight excluding hydrogens is 314 g/mol. The van der Waals surface area contributed by atoms with Crippen LogP contribution >= 0.6 is 15.9 Å². The summed E-state index contributed by atoms with van der Waals surface area (Å²) in [6.45, 7) is 1.95. The van der Waals surface area contributed by atoms with Gasteiger partial charge in [-0.1, -0.05) is 33.2 Å². The van der Waals surface area contributed by atoms with Crippen molar-refractivity contribution in [2.45, 2.75) is 13.0 Å². The SMILES string of the molecule is CCOC(=O)c1conc1[C@@H](O)c1ccc(Br)cc1. The van der Waals surface area contributed by atoms with E-state index in [9.17, 15) is 9.90 Å². The van der Waals surface area contributed by atoms with E-state index in [0.717, 1.165) is 4.47 Å². The molecule has 1 N–H and O–H groups in total. The zero-order valence-corrected chi connectivity index (χ0v) is 11.8. The quantitative estimate of drug-likeness (QED) is 0.875. The third kappa shape index (κ3) is 3.02. The number of carbonyl (C=O) groups excluding carboxylic acids is 1. The number of hydrogen-bond donors (Lipinski definition) is 1. The molecule has 0 amide bonds. The van der Waals surface area contributed by atoms with Crippen LogP contribution in [0, 0.1) is 0 Å². The molecule has 100 valence electrons. The van der Waals surface area contributed by atoms with Crippen molar-refractivity contribution in [2.75, 3.05) is 6.61 Å². The fourth-order valence-corrected chi connectivity index (χ4v) is 1.87. The van der Waals surface area contributed by atoms with Gasteiger partial charge in [-0.05, 0) is 24.6 Å². The lowest BCUT2D eigenvalue weighted by atomic mass is 10.0. The van der Waals surface area contributed by atoms with Crippen LogP contribution in [0.15, 0.2) is 39.5 Å². The zero-order chi connectivity index (χ0) is 13.8. The van der Waals surface area contributed by atoms with Crippen molar-refractivity contribution in [3.8, 4) is 0 Å². The van der Waals surface area contributed by atoms with Gasteiger partial charge in [-0.15, -0.1) is 0 Å². The number of nitrogens with zero attached hydrogens (tertiary/aromatic N) is 1. The molecule has 0 saturated carbocycles. The molecule has 6 heteroatoms. The summed E-state index contributed by atoms with van der Waals surface area (Å²) in [5.74, 6) is -0.560. The number of esters is 1. The average Bonchev–Trinajstić information content (AvgIpc) is 2.88. The summed E-state index contributed by atoms with van der Waals surface area (Å²) in [4.78, 5) is 11.7. The predicted octanol–water partition coefficient (Wildman–Crippen LogP) is 2.70. The minimum absolute atomic E-state index is 0.136. The number of rotatable bonds is 4. The van der Waals surface area contributed by atoms with E-state index in [2.05, 4.69) is 21.1 Å². The molecule has 0 radical (unpaired) electrons. The Balaban J connectivity index is 2.29. The van der Waals surface area contributed by atoms with Gasteiger partial charge in [0.2, 0.25) is 0 Å². The molecule has 1 aromatic heterocycles. The second kappa shape index (κ2) is 5.99. The summed E-state index contributed by atoms with van der Waals surface area (Å²) in [5.41, 5.74) is 0.903. The van der Waals surface area contributed by atoms with Crippen LogP contribution in [0.3, 0.4) is 0 Å². The lowest BCUT2D eigenvalue weighted by Crippen LogP contribution is -2.10. The van der Waals surface area contributed by atoms with E-state index >= 15 is 0 Å². The normalized spacial score (nSPS) is 12.2. The molecule has 5 nitrogen and oxygen atoms in total. The monoisotopic (exact) mass is 325 g/mol. The maximum Gasteiger partial charge on any atom is 0.343 e. The van der Waals surface area contributed by atoms with Gasteiger partial charge in [0.15, 0.2) is 0 Å². The molecule has 0 aliphatic carbocycles. The first kappa shape index (κ1) is 13.8. The smallest absolute Gasteiger partial charge is 0.343 e. The molecule has 0 bridgehead atoms. The van der Waals surface area contributed by atoms with Crippen LogP contribution < -0.4 is 0 Å². The Morgan fingerprint density at radius 3 is 2.79 bits per heavy atom. The van der Waals surface area contributed by atoms with E-state index < -0.39 is 12.1 Å². The second-order valence-electron chi connectivity index (χ2n) is 3.79. The van der Waals surface area contributed by atoms with Crippen LogP contribution in [0.4, 0.5) is 0 Å². The Morgan fingerprint density at radius 1 is 1.47 bits per heavy atom. The van der Waals surface area contributed by atoms with Gasteiger partial charge in [0.25, 0.3) is 0 Å². The Morgan fingerprint density at radius 2 is 2.16 bits per heavy atom. The van der Waals surface area contributed by atoms with Gasteiger partial charge in [0.05, 0.1) is 6.61 Å². The van der Waals surface area contributed by atoms with Crippen LogP contribution in [0.5, 0.6) is 0 Å². The molecule has 0 spiro atoms. The number of aliphatic hydroxyl groups is 1. The second-order valence-corrected chi connectivity index (χ2v) is 4.70. The number of ether oxygens (including phenoxy) is 1. The molecule has 1 heterocycles. The predicted molar refractivity (Wildman–Crippen MR) is 70.7 cm³/mol. The van der Waals surface area contributed by atoms with Crippen molar-refractivity contribution in [3.05, 3.63) is 51.8 Å². The van der Waals surface area contributed by atoms with Crippen LogP contribution in [0.25, 0.3) is 0 Å². The van der Waals surface area contributed by atoms with Gasteiger partial charge >= 0.3 is 5.97 Å². The third-order valence-corrected chi connectivity index (χ3v) is 3.07. The Hall–Kier alpha value is -1.66. The zero-order valence-electron chi connectivity index (χ0n) is 10.2. The van der Waals surface area contributed by atoms with Crippen LogP contribution in [-0.2, 0) is 4.74 Å². The molecule has 2 rings (SSSR count). The fraction of sp³-hybridized carbons (Fsp3) is 0.231. The average molecular weight is 326 g/mol. The summed E-state index contributed by atoms with van der Waals surface area (Å²) in [7, 11) is 0. The molecule has 1 aromatic carbocycles. The molecule has 1 atom stereocenters. The highest BCUT2D eigenvalue weighted by atomic mass is 79.9. The Kier molecular flexibility index (Phi) is 4.34. The number of benzene rings is 1. The minimum Gasteiger partial charge on any atom is -0.462 e. The van der Waals surface area contributed by atoms with Gasteiger partial charge in [-0.3, -0.25) is 0 Å². The highest BCUT2D eigenvalue weighted by Crippen LogP contribution is 2.25. The number of hydrogen-bond acceptors (Lipinski definition) is 5. The van der Waals surface area contributed by atoms with Crippen molar-refractivity contribution in [1.82, 2.24) is 5.16 Å². The summed E-state index contributed by atoms with van der Waals surface area (Å²) >= 11 is 3.31. The maximum absolute atomic E-state index is 11.7. The van der Waals surface area contributed by atoms with Gasteiger partial charge in [0, 0.05) is 4.47 Å².